The Labute approximate surface area is 183 Å². The molecule has 0 aliphatic carbocycles. The van der Waals surface area contributed by atoms with Gasteiger partial charge in [-0.2, -0.15) is 4.98 Å². The zero-order chi connectivity index (χ0) is 21.6. The number of likely N-dealkylation sites (N-methyl/N-ethyl adjacent to an activating group) is 1. The highest BCUT2D eigenvalue weighted by molar-refractivity contribution is 5.79. The highest BCUT2D eigenvalue weighted by atomic mass is 16.5. The Morgan fingerprint density at radius 1 is 1.19 bits per heavy atom. The molecule has 31 heavy (non-hydrogen) atoms. The van der Waals surface area contributed by atoms with Crippen molar-refractivity contribution in [2.45, 2.75) is 19.4 Å². The molecule has 0 atom stereocenters. The maximum Gasteiger partial charge on any atom is 0.298 e. The number of oxazole rings is 1. The molecular formula is C24H30N4O3. The first-order valence-corrected chi connectivity index (χ1v) is 10.8. The molecule has 7 heteroatoms. The first-order valence-electron chi connectivity index (χ1n) is 10.8. The number of piperidine rings is 1. The van der Waals surface area contributed by atoms with Crippen LogP contribution in [0.1, 0.15) is 18.4 Å². The number of nitrogens with one attached hydrogen (secondary N) is 1. The van der Waals surface area contributed by atoms with Crippen LogP contribution in [0.15, 0.2) is 52.9 Å². The van der Waals surface area contributed by atoms with Gasteiger partial charge in [-0.3, -0.25) is 4.79 Å². The van der Waals surface area contributed by atoms with Crippen LogP contribution in [0.25, 0.3) is 11.1 Å². The van der Waals surface area contributed by atoms with E-state index in [2.05, 4.69) is 20.1 Å². The molecule has 7 nitrogen and oxygen atoms in total. The molecular weight excluding hydrogens is 392 g/mol. The largest absolute Gasteiger partial charge is 0.492 e. The van der Waals surface area contributed by atoms with Crippen LogP contribution in [0.5, 0.6) is 5.75 Å². The normalized spacial score (nSPS) is 14.9. The van der Waals surface area contributed by atoms with Crippen LogP contribution in [-0.2, 0) is 11.3 Å². The van der Waals surface area contributed by atoms with Crippen molar-refractivity contribution in [1.29, 1.82) is 0 Å². The molecule has 0 bridgehead atoms. The predicted molar refractivity (Wildman–Crippen MR) is 121 cm³/mol. The second-order valence-electron chi connectivity index (χ2n) is 8.24. The van der Waals surface area contributed by atoms with Crippen LogP contribution < -0.4 is 15.0 Å². The summed E-state index contributed by atoms with van der Waals surface area (Å²) < 4.78 is 11.6. The summed E-state index contributed by atoms with van der Waals surface area (Å²) in [5.41, 5.74) is 2.70. The highest BCUT2D eigenvalue weighted by Gasteiger charge is 2.27. The number of aromatic nitrogens is 1. The van der Waals surface area contributed by atoms with Crippen LogP contribution in [0.3, 0.4) is 0 Å². The Morgan fingerprint density at radius 2 is 2.00 bits per heavy atom. The fourth-order valence-electron chi connectivity index (χ4n) is 3.75. The Kier molecular flexibility index (Phi) is 6.72. The van der Waals surface area contributed by atoms with Crippen molar-refractivity contribution < 1.29 is 13.9 Å². The monoisotopic (exact) mass is 422 g/mol. The smallest absolute Gasteiger partial charge is 0.298 e. The summed E-state index contributed by atoms with van der Waals surface area (Å²) in [5.74, 6) is 0.955. The van der Waals surface area contributed by atoms with Gasteiger partial charge in [0.2, 0.25) is 5.91 Å². The second-order valence-corrected chi connectivity index (χ2v) is 8.24. The van der Waals surface area contributed by atoms with Gasteiger partial charge in [0, 0.05) is 32.1 Å². The van der Waals surface area contributed by atoms with E-state index in [1.165, 1.54) is 0 Å². The van der Waals surface area contributed by atoms with E-state index >= 15 is 0 Å². The third kappa shape index (κ3) is 5.55. The number of carbonyl (C=O) groups is 1. The lowest BCUT2D eigenvalue weighted by atomic mass is 9.96. The summed E-state index contributed by atoms with van der Waals surface area (Å²) in [4.78, 5) is 21.5. The number of carbonyl (C=O) groups excluding carboxylic acids is 1. The van der Waals surface area contributed by atoms with Crippen molar-refractivity contribution in [3.05, 3.63) is 54.1 Å². The molecule has 164 valence electrons. The van der Waals surface area contributed by atoms with E-state index in [0.29, 0.717) is 19.2 Å². The van der Waals surface area contributed by atoms with Crippen LogP contribution in [0, 0.1) is 5.92 Å². The summed E-state index contributed by atoms with van der Waals surface area (Å²) in [6, 6.07) is 16.3. The molecule has 1 aliphatic rings. The maximum absolute atomic E-state index is 12.7. The zero-order valence-corrected chi connectivity index (χ0v) is 18.2. The van der Waals surface area contributed by atoms with Crippen molar-refractivity contribution in [1.82, 2.24) is 15.2 Å². The second kappa shape index (κ2) is 9.83. The number of para-hydroxylation sites is 2. The summed E-state index contributed by atoms with van der Waals surface area (Å²) in [5, 5.41) is 3.09. The molecule has 0 saturated carbocycles. The summed E-state index contributed by atoms with van der Waals surface area (Å²) >= 11 is 0. The number of amides is 1. The average molecular weight is 423 g/mol. The third-order valence-corrected chi connectivity index (χ3v) is 5.59. The van der Waals surface area contributed by atoms with E-state index in [-0.39, 0.29) is 11.8 Å². The molecule has 3 aromatic rings. The number of ether oxygens (including phenoxy) is 1. The van der Waals surface area contributed by atoms with Crippen LogP contribution in [0.4, 0.5) is 6.01 Å². The van der Waals surface area contributed by atoms with Crippen LogP contribution in [-0.4, -0.2) is 56.1 Å². The van der Waals surface area contributed by atoms with Gasteiger partial charge in [0.1, 0.15) is 17.9 Å². The number of benzene rings is 2. The molecule has 1 amide bonds. The molecule has 0 unspecified atom stereocenters. The van der Waals surface area contributed by atoms with Crippen molar-refractivity contribution >= 4 is 23.0 Å². The van der Waals surface area contributed by atoms with Crippen LogP contribution in [0.2, 0.25) is 0 Å². The van der Waals surface area contributed by atoms with Gasteiger partial charge in [0.25, 0.3) is 6.01 Å². The Morgan fingerprint density at radius 3 is 2.77 bits per heavy atom. The Bertz CT molecular complexity index is 976. The van der Waals surface area contributed by atoms with E-state index in [0.717, 1.165) is 54.9 Å². The van der Waals surface area contributed by atoms with Crippen molar-refractivity contribution in [3.63, 3.8) is 0 Å². The van der Waals surface area contributed by atoms with E-state index < -0.39 is 0 Å². The molecule has 1 aromatic heterocycles. The van der Waals surface area contributed by atoms with Crippen molar-refractivity contribution in [3.8, 4) is 5.75 Å². The quantitative estimate of drug-likeness (QED) is 0.601. The fraction of sp³-hybridized carbons (Fsp3) is 0.417. The molecule has 1 fully saturated rings. The standard InChI is InChI=1S/C24H30N4O3/c1-27(2)14-15-30-20-7-5-6-18(16-20)17-25-23(29)19-10-12-28(13-11-19)24-26-21-8-3-4-9-22(21)31-24/h3-9,16,19H,10-15,17H2,1-2H3,(H,25,29). The molecule has 4 rings (SSSR count). The van der Waals surface area contributed by atoms with Gasteiger partial charge in [0.15, 0.2) is 5.58 Å². The number of hydrogen-bond acceptors (Lipinski definition) is 6. The summed E-state index contributed by atoms with van der Waals surface area (Å²) in [6.45, 7) is 3.54. The van der Waals surface area contributed by atoms with Gasteiger partial charge in [-0.25, -0.2) is 0 Å². The molecule has 1 aliphatic heterocycles. The van der Waals surface area contributed by atoms with Crippen molar-refractivity contribution in [2.24, 2.45) is 5.92 Å². The predicted octanol–water partition coefficient (Wildman–Crippen LogP) is 3.30. The molecule has 1 N–H and O–H groups in total. The molecule has 2 aromatic carbocycles. The van der Waals surface area contributed by atoms with Gasteiger partial charge in [-0.15, -0.1) is 0 Å². The van der Waals surface area contributed by atoms with E-state index in [1.807, 2.05) is 62.6 Å². The lowest BCUT2D eigenvalue weighted by molar-refractivity contribution is -0.125. The molecule has 2 heterocycles. The lowest BCUT2D eigenvalue weighted by Crippen LogP contribution is -2.40. The van der Waals surface area contributed by atoms with Crippen molar-refractivity contribution in [2.75, 3.05) is 45.2 Å². The minimum Gasteiger partial charge on any atom is -0.492 e. The van der Waals surface area contributed by atoms with Gasteiger partial charge in [0.05, 0.1) is 0 Å². The average Bonchev–Trinajstić information content (AvgIpc) is 3.22. The summed E-state index contributed by atoms with van der Waals surface area (Å²) in [6.07, 6.45) is 1.58. The number of nitrogens with zero attached hydrogens (tertiary/aromatic N) is 3. The highest BCUT2D eigenvalue weighted by Crippen LogP contribution is 2.26. The minimum atomic E-state index is 0.0140. The van der Waals surface area contributed by atoms with E-state index in [4.69, 9.17) is 9.15 Å². The van der Waals surface area contributed by atoms with Gasteiger partial charge >= 0.3 is 0 Å². The van der Waals surface area contributed by atoms with Gasteiger partial charge < -0.3 is 24.3 Å². The molecule has 0 spiro atoms. The van der Waals surface area contributed by atoms with E-state index in [1.54, 1.807) is 0 Å². The third-order valence-electron chi connectivity index (χ3n) is 5.59. The first kappa shape index (κ1) is 21.2. The summed E-state index contributed by atoms with van der Waals surface area (Å²) in [7, 11) is 4.04. The number of rotatable bonds is 8. The zero-order valence-electron chi connectivity index (χ0n) is 18.2. The first-order chi connectivity index (χ1) is 15.1. The topological polar surface area (TPSA) is 70.8 Å². The molecule has 1 saturated heterocycles. The Hall–Kier alpha value is -3.06. The Balaban J connectivity index is 1.25. The van der Waals surface area contributed by atoms with Gasteiger partial charge in [-0.05, 0) is 56.8 Å². The molecule has 0 radical (unpaired) electrons. The van der Waals surface area contributed by atoms with E-state index in [9.17, 15) is 4.79 Å². The number of anilines is 1. The number of hydrogen-bond donors (Lipinski definition) is 1. The SMILES string of the molecule is CN(C)CCOc1cccc(CNC(=O)C2CCN(c3nc4ccccc4o3)CC2)c1. The van der Waals surface area contributed by atoms with Gasteiger partial charge in [-0.1, -0.05) is 24.3 Å². The van der Waals surface area contributed by atoms with Crippen LogP contribution >= 0.6 is 0 Å². The fourth-order valence-corrected chi connectivity index (χ4v) is 3.75. The number of fused-ring (bicyclic) bond motifs is 1. The maximum atomic E-state index is 12.7. The minimum absolute atomic E-state index is 0.0140. The lowest BCUT2D eigenvalue weighted by Gasteiger charge is -2.30.